The molecule has 0 radical (unpaired) electrons. The summed E-state index contributed by atoms with van der Waals surface area (Å²) < 4.78 is 5.49. The lowest BCUT2D eigenvalue weighted by Crippen LogP contribution is -2.38. The van der Waals surface area contributed by atoms with Gasteiger partial charge >= 0.3 is 0 Å². The van der Waals surface area contributed by atoms with Crippen molar-refractivity contribution in [2.24, 2.45) is 5.92 Å². The van der Waals surface area contributed by atoms with Crippen molar-refractivity contribution in [2.75, 3.05) is 26.8 Å². The first kappa shape index (κ1) is 13.0. The van der Waals surface area contributed by atoms with Crippen LogP contribution >= 0.6 is 11.3 Å². The highest BCUT2D eigenvalue weighted by Crippen LogP contribution is 2.17. The van der Waals surface area contributed by atoms with Gasteiger partial charge < -0.3 is 15.4 Å². The minimum atomic E-state index is 0.511. The van der Waals surface area contributed by atoms with Gasteiger partial charge in [-0.15, -0.1) is 11.3 Å². The fourth-order valence-electron chi connectivity index (χ4n) is 2.33. The highest BCUT2D eigenvalue weighted by atomic mass is 32.1. The molecule has 0 aliphatic carbocycles. The SMILES string of the molecule is CCc1ccsc1CNCC1COCC1NC. The molecule has 2 rings (SSSR count). The van der Waals surface area contributed by atoms with Gasteiger partial charge in [0.2, 0.25) is 0 Å². The largest absolute Gasteiger partial charge is 0.379 e. The molecule has 2 atom stereocenters. The molecule has 3 nitrogen and oxygen atoms in total. The Balaban J connectivity index is 1.76. The second-order valence-corrected chi connectivity index (χ2v) is 5.55. The molecule has 17 heavy (non-hydrogen) atoms. The van der Waals surface area contributed by atoms with E-state index in [1.807, 2.05) is 18.4 Å². The number of rotatable bonds is 6. The Labute approximate surface area is 108 Å². The summed E-state index contributed by atoms with van der Waals surface area (Å²) in [6.45, 7) is 5.97. The van der Waals surface area contributed by atoms with Gasteiger partial charge in [0, 0.05) is 29.9 Å². The van der Waals surface area contributed by atoms with Gasteiger partial charge in [0.15, 0.2) is 0 Å². The molecule has 0 saturated carbocycles. The number of likely N-dealkylation sites (N-methyl/N-ethyl adjacent to an activating group) is 1. The molecule has 4 heteroatoms. The first-order valence-electron chi connectivity index (χ1n) is 6.36. The van der Waals surface area contributed by atoms with Crippen LogP contribution in [0, 0.1) is 5.92 Å². The Kier molecular flexibility index (Phi) is 4.98. The van der Waals surface area contributed by atoms with Crippen LogP contribution in [-0.2, 0) is 17.7 Å². The van der Waals surface area contributed by atoms with Gasteiger partial charge in [0.05, 0.1) is 13.2 Å². The Bertz CT molecular complexity index is 340. The van der Waals surface area contributed by atoms with E-state index in [-0.39, 0.29) is 0 Å². The van der Waals surface area contributed by atoms with Gasteiger partial charge in [-0.25, -0.2) is 0 Å². The van der Waals surface area contributed by atoms with E-state index in [2.05, 4.69) is 29.0 Å². The van der Waals surface area contributed by atoms with Crippen molar-refractivity contribution in [3.8, 4) is 0 Å². The molecule has 1 aliphatic rings. The van der Waals surface area contributed by atoms with Crippen LogP contribution in [0.1, 0.15) is 17.4 Å². The maximum atomic E-state index is 5.49. The molecule has 1 aromatic rings. The summed E-state index contributed by atoms with van der Waals surface area (Å²) >= 11 is 1.85. The summed E-state index contributed by atoms with van der Waals surface area (Å²) in [5.41, 5.74) is 1.48. The number of hydrogen-bond acceptors (Lipinski definition) is 4. The second-order valence-electron chi connectivity index (χ2n) is 4.55. The van der Waals surface area contributed by atoms with Crippen molar-refractivity contribution < 1.29 is 4.74 Å². The first-order valence-corrected chi connectivity index (χ1v) is 7.24. The van der Waals surface area contributed by atoms with Crippen molar-refractivity contribution in [1.29, 1.82) is 0 Å². The lowest BCUT2D eigenvalue weighted by Gasteiger charge is -2.17. The van der Waals surface area contributed by atoms with Gasteiger partial charge in [0.25, 0.3) is 0 Å². The molecule has 96 valence electrons. The first-order chi connectivity index (χ1) is 8.35. The normalized spacial score (nSPS) is 24.4. The second kappa shape index (κ2) is 6.50. The fourth-order valence-corrected chi connectivity index (χ4v) is 3.27. The van der Waals surface area contributed by atoms with Crippen molar-refractivity contribution in [3.63, 3.8) is 0 Å². The molecular formula is C13H22N2OS. The van der Waals surface area contributed by atoms with Crippen molar-refractivity contribution >= 4 is 11.3 Å². The number of hydrogen-bond donors (Lipinski definition) is 2. The highest BCUT2D eigenvalue weighted by Gasteiger charge is 2.26. The number of aryl methyl sites for hydroxylation is 1. The minimum absolute atomic E-state index is 0.511. The zero-order valence-electron chi connectivity index (χ0n) is 10.7. The third-order valence-electron chi connectivity index (χ3n) is 3.48. The van der Waals surface area contributed by atoms with Crippen LogP contribution in [0.15, 0.2) is 11.4 Å². The Morgan fingerprint density at radius 2 is 2.35 bits per heavy atom. The number of ether oxygens (including phenoxy) is 1. The Morgan fingerprint density at radius 3 is 3.12 bits per heavy atom. The van der Waals surface area contributed by atoms with E-state index in [4.69, 9.17) is 4.74 Å². The standard InChI is InChI=1S/C13H22N2OS/c1-3-10-4-5-17-13(10)7-15-6-11-8-16-9-12(11)14-2/h4-5,11-12,14-15H,3,6-9H2,1-2H3. The predicted octanol–water partition coefficient (Wildman–Crippen LogP) is 1.63. The zero-order chi connectivity index (χ0) is 12.1. The summed E-state index contributed by atoms with van der Waals surface area (Å²) in [6.07, 6.45) is 1.13. The summed E-state index contributed by atoms with van der Waals surface area (Å²) in [6, 6.07) is 2.74. The zero-order valence-corrected chi connectivity index (χ0v) is 11.5. The molecule has 1 saturated heterocycles. The van der Waals surface area contributed by atoms with E-state index < -0.39 is 0 Å². The lowest BCUT2D eigenvalue weighted by molar-refractivity contribution is 0.182. The van der Waals surface area contributed by atoms with Gasteiger partial charge in [0.1, 0.15) is 0 Å². The van der Waals surface area contributed by atoms with Crippen LogP contribution < -0.4 is 10.6 Å². The van der Waals surface area contributed by atoms with E-state index in [0.29, 0.717) is 12.0 Å². The van der Waals surface area contributed by atoms with Gasteiger partial charge in [-0.1, -0.05) is 6.92 Å². The van der Waals surface area contributed by atoms with Crippen molar-refractivity contribution in [1.82, 2.24) is 10.6 Å². The lowest BCUT2D eigenvalue weighted by atomic mass is 10.0. The summed E-state index contributed by atoms with van der Waals surface area (Å²) in [7, 11) is 2.01. The third-order valence-corrected chi connectivity index (χ3v) is 4.44. The van der Waals surface area contributed by atoms with E-state index in [1.54, 1.807) is 0 Å². The Morgan fingerprint density at radius 1 is 1.47 bits per heavy atom. The maximum absolute atomic E-state index is 5.49. The van der Waals surface area contributed by atoms with Crippen molar-refractivity contribution in [2.45, 2.75) is 25.9 Å². The Hall–Kier alpha value is -0.420. The summed E-state index contributed by atoms with van der Waals surface area (Å²) in [5, 5.41) is 9.06. The maximum Gasteiger partial charge on any atom is 0.0623 e. The molecule has 0 bridgehead atoms. The van der Waals surface area contributed by atoms with Crippen LogP contribution in [-0.4, -0.2) is 32.8 Å². The van der Waals surface area contributed by atoms with Gasteiger partial charge in [-0.2, -0.15) is 0 Å². The molecule has 0 aromatic carbocycles. The number of nitrogens with one attached hydrogen (secondary N) is 2. The van der Waals surface area contributed by atoms with E-state index >= 15 is 0 Å². The van der Waals surface area contributed by atoms with Crippen LogP contribution in [0.2, 0.25) is 0 Å². The van der Waals surface area contributed by atoms with Crippen LogP contribution in [0.5, 0.6) is 0 Å². The fraction of sp³-hybridized carbons (Fsp3) is 0.692. The highest BCUT2D eigenvalue weighted by molar-refractivity contribution is 7.10. The van der Waals surface area contributed by atoms with Crippen LogP contribution in [0.25, 0.3) is 0 Å². The smallest absolute Gasteiger partial charge is 0.0623 e. The van der Waals surface area contributed by atoms with Crippen LogP contribution in [0.3, 0.4) is 0 Å². The molecule has 0 amide bonds. The third kappa shape index (κ3) is 3.28. The monoisotopic (exact) mass is 254 g/mol. The topological polar surface area (TPSA) is 33.3 Å². The average Bonchev–Trinajstić information content (AvgIpc) is 2.97. The van der Waals surface area contributed by atoms with E-state index in [0.717, 1.165) is 32.7 Å². The van der Waals surface area contributed by atoms with E-state index in [1.165, 1.54) is 10.4 Å². The summed E-state index contributed by atoms with van der Waals surface area (Å²) in [5.74, 6) is 0.602. The molecule has 2 N–H and O–H groups in total. The average molecular weight is 254 g/mol. The molecule has 2 unspecified atom stereocenters. The van der Waals surface area contributed by atoms with Gasteiger partial charge in [-0.05, 0) is 30.5 Å². The van der Waals surface area contributed by atoms with Gasteiger partial charge in [-0.3, -0.25) is 0 Å². The molecule has 1 aliphatic heterocycles. The minimum Gasteiger partial charge on any atom is -0.379 e. The quantitative estimate of drug-likeness (QED) is 0.809. The molecule has 2 heterocycles. The molecule has 0 spiro atoms. The molecular weight excluding hydrogens is 232 g/mol. The number of thiophene rings is 1. The van der Waals surface area contributed by atoms with Crippen molar-refractivity contribution in [3.05, 3.63) is 21.9 Å². The van der Waals surface area contributed by atoms with E-state index in [9.17, 15) is 0 Å². The molecule has 1 aromatic heterocycles. The van der Waals surface area contributed by atoms with Crippen LogP contribution in [0.4, 0.5) is 0 Å². The summed E-state index contributed by atoms with van der Waals surface area (Å²) in [4.78, 5) is 1.48. The molecule has 1 fully saturated rings. The predicted molar refractivity (Wildman–Crippen MR) is 72.6 cm³/mol.